The zero-order valence-electron chi connectivity index (χ0n) is 11.7. The highest BCUT2D eigenvalue weighted by molar-refractivity contribution is 5.99. The highest BCUT2D eigenvalue weighted by atomic mass is 16.5. The molecule has 2 rings (SSSR count). The van der Waals surface area contributed by atoms with Gasteiger partial charge in [-0.05, 0) is 29.8 Å². The SMILES string of the molecule is COc1cc(CNCc2cccnn2)ccc1/C(N)=N/O. The average molecular weight is 287 g/mol. The third-order valence-corrected chi connectivity index (χ3v) is 2.91. The molecule has 21 heavy (non-hydrogen) atoms. The highest BCUT2D eigenvalue weighted by Crippen LogP contribution is 2.20. The maximum Gasteiger partial charge on any atom is 0.173 e. The fraction of sp³-hybridized carbons (Fsp3) is 0.214. The van der Waals surface area contributed by atoms with Gasteiger partial charge in [-0.2, -0.15) is 10.2 Å². The minimum Gasteiger partial charge on any atom is -0.496 e. The second kappa shape index (κ2) is 7.20. The molecule has 0 bridgehead atoms. The Morgan fingerprint density at radius 3 is 2.90 bits per heavy atom. The van der Waals surface area contributed by atoms with Gasteiger partial charge in [-0.15, -0.1) is 0 Å². The van der Waals surface area contributed by atoms with Crippen molar-refractivity contribution in [2.75, 3.05) is 7.11 Å². The summed E-state index contributed by atoms with van der Waals surface area (Å²) in [6, 6.07) is 9.24. The van der Waals surface area contributed by atoms with Crippen LogP contribution in [0.1, 0.15) is 16.8 Å². The van der Waals surface area contributed by atoms with Crippen LogP contribution in [0.25, 0.3) is 0 Å². The molecule has 2 aromatic rings. The predicted octanol–water partition coefficient (Wildman–Crippen LogP) is 0.869. The van der Waals surface area contributed by atoms with Crippen molar-refractivity contribution < 1.29 is 9.94 Å². The third kappa shape index (κ3) is 3.90. The van der Waals surface area contributed by atoms with E-state index in [1.54, 1.807) is 19.4 Å². The molecule has 0 amide bonds. The summed E-state index contributed by atoms with van der Waals surface area (Å²) in [6.07, 6.45) is 1.64. The van der Waals surface area contributed by atoms with Crippen LogP contribution in [0.5, 0.6) is 5.75 Å². The van der Waals surface area contributed by atoms with Gasteiger partial charge in [0.15, 0.2) is 5.84 Å². The van der Waals surface area contributed by atoms with Crippen molar-refractivity contribution in [1.29, 1.82) is 0 Å². The second-order valence-corrected chi connectivity index (χ2v) is 4.34. The van der Waals surface area contributed by atoms with E-state index in [0.29, 0.717) is 24.4 Å². The van der Waals surface area contributed by atoms with E-state index in [2.05, 4.69) is 20.7 Å². The van der Waals surface area contributed by atoms with E-state index in [4.69, 9.17) is 15.7 Å². The first-order valence-corrected chi connectivity index (χ1v) is 6.36. The number of benzene rings is 1. The number of amidine groups is 1. The van der Waals surface area contributed by atoms with Crippen molar-refractivity contribution in [3.8, 4) is 5.75 Å². The second-order valence-electron chi connectivity index (χ2n) is 4.34. The molecule has 0 spiro atoms. The number of rotatable bonds is 6. The highest BCUT2D eigenvalue weighted by Gasteiger charge is 2.08. The average Bonchev–Trinajstić information content (AvgIpc) is 2.55. The fourth-order valence-corrected chi connectivity index (χ4v) is 1.87. The number of aromatic nitrogens is 2. The van der Waals surface area contributed by atoms with Gasteiger partial charge in [-0.1, -0.05) is 11.2 Å². The molecule has 1 aromatic carbocycles. The van der Waals surface area contributed by atoms with E-state index in [1.165, 1.54) is 0 Å². The summed E-state index contributed by atoms with van der Waals surface area (Å²) in [4.78, 5) is 0. The lowest BCUT2D eigenvalue weighted by molar-refractivity contribution is 0.318. The third-order valence-electron chi connectivity index (χ3n) is 2.91. The predicted molar refractivity (Wildman–Crippen MR) is 78.1 cm³/mol. The normalized spacial score (nSPS) is 11.4. The van der Waals surface area contributed by atoms with Crippen molar-refractivity contribution in [2.45, 2.75) is 13.1 Å². The van der Waals surface area contributed by atoms with Crippen LogP contribution in [-0.2, 0) is 13.1 Å². The Morgan fingerprint density at radius 2 is 2.24 bits per heavy atom. The summed E-state index contributed by atoms with van der Waals surface area (Å²) in [7, 11) is 1.54. The van der Waals surface area contributed by atoms with Gasteiger partial charge in [0.05, 0.1) is 18.4 Å². The van der Waals surface area contributed by atoms with Crippen molar-refractivity contribution >= 4 is 5.84 Å². The van der Waals surface area contributed by atoms with Crippen LogP contribution >= 0.6 is 0 Å². The van der Waals surface area contributed by atoms with Crippen molar-refractivity contribution in [1.82, 2.24) is 15.5 Å². The van der Waals surface area contributed by atoms with Crippen LogP contribution < -0.4 is 15.8 Å². The molecule has 7 nitrogen and oxygen atoms in total. The Bertz CT molecular complexity index is 616. The Hall–Kier alpha value is -2.67. The first-order chi connectivity index (χ1) is 10.2. The minimum atomic E-state index is 0.0194. The molecule has 0 unspecified atom stereocenters. The quantitative estimate of drug-likeness (QED) is 0.315. The van der Waals surface area contributed by atoms with Crippen molar-refractivity contribution in [2.24, 2.45) is 10.9 Å². The van der Waals surface area contributed by atoms with Crippen LogP contribution in [0.2, 0.25) is 0 Å². The molecule has 0 aliphatic carbocycles. The molecular formula is C14H17N5O2. The molecule has 1 heterocycles. The number of hydrogen-bond acceptors (Lipinski definition) is 6. The molecule has 4 N–H and O–H groups in total. The molecule has 0 saturated carbocycles. The topological polar surface area (TPSA) is 106 Å². The zero-order valence-corrected chi connectivity index (χ0v) is 11.7. The maximum atomic E-state index is 8.73. The van der Waals surface area contributed by atoms with Gasteiger partial charge in [0.2, 0.25) is 0 Å². The summed E-state index contributed by atoms with van der Waals surface area (Å²) in [5, 5.41) is 22.8. The summed E-state index contributed by atoms with van der Waals surface area (Å²) in [6.45, 7) is 1.27. The van der Waals surface area contributed by atoms with Crippen molar-refractivity contribution in [3.63, 3.8) is 0 Å². The lowest BCUT2D eigenvalue weighted by Gasteiger charge is -2.10. The molecule has 0 fully saturated rings. The summed E-state index contributed by atoms with van der Waals surface area (Å²) < 4.78 is 5.25. The number of methoxy groups -OCH3 is 1. The number of nitrogens with two attached hydrogens (primary N) is 1. The number of oxime groups is 1. The number of nitrogens with zero attached hydrogens (tertiary/aromatic N) is 3. The first-order valence-electron chi connectivity index (χ1n) is 6.36. The number of hydrogen-bond donors (Lipinski definition) is 3. The summed E-state index contributed by atoms with van der Waals surface area (Å²) >= 11 is 0. The molecule has 0 atom stereocenters. The Morgan fingerprint density at radius 1 is 1.38 bits per heavy atom. The Labute approximate surface area is 122 Å². The Kier molecular flexibility index (Phi) is 5.05. The van der Waals surface area contributed by atoms with E-state index < -0.39 is 0 Å². The molecule has 0 aliphatic rings. The molecule has 110 valence electrons. The van der Waals surface area contributed by atoms with Gasteiger partial charge in [0, 0.05) is 19.3 Å². The van der Waals surface area contributed by atoms with Gasteiger partial charge < -0.3 is 21.0 Å². The summed E-state index contributed by atoms with van der Waals surface area (Å²) in [5.41, 5.74) is 8.03. The molecule has 0 saturated heterocycles. The molecule has 7 heteroatoms. The van der Waals surface area contributed by atoms with Gasteiger partial charge >= 0.3 is 0 Å². The fourth-order valence-electron chi connectivity index (χ4n) is 1.87. The molecular weight excluding hydrogens is 270 g/mol. The summed E-state index contributed by atoms with van der Waals surface area (Å²) in [5.74, 6) is 0.579. The number of nitrogens with one attached hydrogen (secondary N) is 1. The standard InChI is InChI=1S/C14H17N5O2/c1-21-13-7-10(4-5-12(13)14(15)19-20)8-16-9-11-3-2-6-17-18-11/h2-7,16,20H,8-9H2,1H3,(H2,15,19). The van der Waals surface area contributed by atoms with Crippen molar-refractivity contribution in [3.05, 3.63) is 53.3 Å². The zero-order chi connectivity index (χ0) is 15.1. The van der Waals surface area contributed by atoms with Gasteiger partial charge in [-0.25, -0.2) is 0 Å². The number of ether oxygens (including phenoxy) is 1. The minimum absolute atomic E-state index is 0.0194. The van der Waals surface area contributed by atoms with Crippen LogP contribution in [0, 0.1) is 0 Å². The molecule has 0 aliphatic heterocycles. The molecule has 0 radical (unpaired) electrons. The van der Waals surface area contributed by atoms with E-state index >= 15 is 0 Å². The van der Waals surface area contributed by atoms with Gasteiger partial charge in [-0.3, -0.25) is 0 Å². The lowest BCUT2D eigenvalue weighted by atomic mass is 10.1. The largest absolute Gasteiger partial charge is 0.496 e. The van der Waals surface area contributed by atoms with Crippen LogP contribution in [0.3, 0.4) is 0 Å². The van der Waals surface area contributed by atoms with Crippen LogP contribution in [0.4, 0.5) is 0 Å². The smallest absolute Gasteiger partial charge is 0.173 e. The lowest BCUT2D eigenvalue weighted by Crippen LogP contribution is -2.16. The van der Waals surface area contributed by atoms with E-state index in [-0.39, 0.29) is 5.84 Å². The van der Waals surface area contributed by atoms with E-state index in [1.807, 2.05) is 24.3 Å². The van der Waals surface area contributed by atoms with Gasteiger partial charge in [0.1, 0.15) is 5.75 Å². The van der Waals surface area contributed by atoms with Gasteiger partial charge in [0.25, 0.3) is 0 Å². The molecule has 1 aromatic heterocycles. The van der Waals surface area contributed by atoms with E-state index in [9.17, 15) is 0 Å². The maximum absolute atomic E-state index is 8.73. The van der Waals surface area contributed by atoms with Crippen LogP contribution in [-0.4, -0.2) is 28.4 Å². The Balaban J connectivity index is 2.01. The first kappa shape index (κ1) is 14.7. The van der Waals surface area contributed by atoms with E-state index in [0.717, 1.165) is 11.3 Å². The van der Waals surface area contributed by atoms with Crippen LogP contribution in [0.15, 0.2) is 41.7 Å². The monoisotopic (exact) mass is 287 g/mol.